The third-order valence-corrected chi connectivity index (χ3v) is 3.03. The van der Waals surface area contributed by atoms with Crippen LogP contribution in [0.2, 0.25) is 0 Å². The lowest BCUT2D eigenvalue weighted by Gasteiger charge is -2.12. The lowest BCUT2D eigenvalue weighted by atomic mass is 10.2. The zero-order valence-corrected chi connectivity index (χ0v) is 13.4. The van der Waals surface area contributed by atoms with Crippen LogP contribution in [0.5, 0.6) is 5.75 Å². The first-order valence-electron chi connectivity index (χ1n) is 7.08. The molecule has 0 amide bonds. The number of rotatable bonds is 7. The van der Waals surface area contributed by atoms with Crippen LogP contribution in [0.1, 0.15) is 5.56 Å². The number of nitrogens with zero attached hydrogens (tertiary/aromatic N) is 4. The lowest BCUT2D eigenvalue weighted by molar-refractivity contribution is 0.416. The van der Waals surface area contributed by atoms with Crippen molar-refractivity contribution in [3.63, 3.8) is 0 Å². The first kappa shape index (κ1) is 16.0. The Kier molecular flexibility index (Phi) is 5.48. The number of hydrogen-bond acceptors (Lipinski definition) is 7. The number of methoxy groups -OCH3 is 1. The Morgan fingerprint density at radius 3 is 2.82 bits per heavy atom. The third kappa shape index (κ3) is 4.56. The number of nitrogens with one attached hydrogen (secondary N) is 2. The van der Waals surface area contributed by atoms with Gasteiger partial charge in [0, 0.05) is 13.1 Å². The summed E-state index contributed by atoms with van der Waals surface area (Å²) >= 11 is 0. The number of hydrogen-bond donors (Lipinski definition) is 2. The van der Waals surface area contributed by atoms with Crippen LogP contribution in [0.4, 0.5) is 17.5 Å². The van der Waals surface area contributed by atoms with Gasteiger partial charge >= 0.3 is 0 Å². The third-order valence-electron chi connectivity index (χ3n) is 3.03. The van der Waals surface area contributed by atoms with E-state index < -0.39 is 0 Å². The molecule has 0 atom stereocenters. The van der Waals surface area contributed by atoms with Gasteiger partial charge in [-0.3, -0.25) is 0 Å². The maximum atomic E-state index is 5.33. The van der Waals surface area contributed by atoms with Crippen molar-refractivity contribution in [1.82, 2.24) is 20.1 Å². The van der Waals surface area contributed by atoms with Crippen LogP contribution in [-0.2, 0) is 0 Å². The average Bonchev–Trinajstić information content (AvgIpc) is 2.47. The summed E-state index contributed by atoms with van der Waals surface area (Å²) in [5, 5.41) is 14.3. The highest BCUT2D eigenvalue weighted by molar-refractivity contribution is 5.63. The molecule has 0 aliphatic carbocycles. The molecule has 2 N–H and O–H groups in total. The summed E-state index contributed by atoms with van der Waals surface area (Å²) < 4.78 is 5.33. The summed E-state index contributed by atoms with van der Waals surface area (Å²) in [5.41, 5.74) is 1.94. The Balaban J connectivity index is 2.08. The molecule has 0 aliphatic heterocycles. The van der Waals surface area contributed by atoms with Gasteiger partial charge in [-0.15, -0.1) is 5.10 Å². The number of ether oxygens (including phenoxy) is 1. The zero-order valence-electron chi connectivity index (χ0n) is 13.4. The van der Waals surface area contributed by atoms with E-state index in [1.165, 1.54) is 0 Å². The lowest BCUT2D eigenvalue weighted by Crippen LogP contribution is -2.21. The number of aryl methyl sites for hydroxylation is 1. The van der Waals surface area contributed by atoms with Crippen LogP contribution in [0.3, 0.4) is 0 Å². The largest absolute Gasteiger partial charge is 0.495 e. The molecule has 22 heavy (non-hydrogen) atoms. The van der Waals surface area contributed by atoms with Gasteiger partial charge in [0.25, 0.3) is 0 Å². The van der Waals surface area contributed by atoms with Gasteiger partial charge in [0.05, 0.1) is 19.0 Å². The van der Waals surface area contributed by atoms with E-state index in [2.05, 4.69) is 30.7 Å². The SMILES string of the molecule is COc1ccc(C)cc1Nc1nncc(NCCN(C)C)n1. The molecule has 7 nitrogen and oxygen atoms in total. The molecule has 7 heteroatoms. The summed E-state index contributed by atoms with van der Waals surface area (Å²) in [6.07, 6.45) is 1.61. The van der Waals surface area contributed by atoms with E-state index in [1.807, 2.05) is 39.2 Å². The minimum Gasteiger partial charge on any atom is -0.495 e. The fourth-order valence-electron chi connectivity index (χ4n) is 1.89. The molecule has 118 valence electrons. The number of anilines is 3. The van der Waals surface area contributed by atoms with Crippen molar-refractivity contribution >= 4 is 17.5 Å². The number of benzene rings is 1. The van der Waals surface area contributed by atoms with E-state index in [-0.39, 0.29) is 0 Å². The monoisotopic (exact) mass is 302 g/mol. The first-order valence-corrected chi connectivity index (χ1v) is 7.08. The van der Waals surface area contributed by atoms with Crippen molar-refractivity contribution < 1.29 is 4.74 Å². The molecule has 0 aliphatic rings. The highest BCUT2D eigenvalue weighted by Gasteiger charge is 2.06. The number of aromatic nitrogens is 3. The summed E-state index contributed by atoms with van der Waals surface area (Å²) in [5.74, 6) is 1.85. The van der Waals surface area contributed by atoms with Gasteiger partial charge in [-0.2, -0.15) is 10.1 Å². The summed E-state index contributed by atoms with van der Waals surface area (Å²) in [4.78, 5) is 6.50. The second-order valence-electron chi connectivity index (χ2n) is 5.22. The van der Waals surface area contributed by atoms with Gasteiger partial charge < -0.3 is 20.3 Å². The molecule has 2 rings (SSSR count). The highest BCUT2D eigenvalue weighted by Crippen LogP contribution is 2.27. The first-order chi connectivity index (χ1) is 10.6. The molecule has 0 fully saturated rings. The molecule has 1 aromatic carbocycles. The molecular weight excluding hydrogens is 280 g/mol. The quantitative estimate of drug-likeness (QED) is 0.809. The van der Waals surface area contributed by atoms with E-state index in [4.69, 9.17) is 4.74 Å². The summed E-state index contributed by atoms with van der Waals surface area (Å²) in [7, 11) is 5.68. The van der Waals surface area contributed by atoms with Crippen molar-refractivity contribution in [2.75, 3.05) is 44.9 Å². The molecule has 2 aromatic rings. The summed E-state index contributed by atoms with van der Waals surface area (Å²) in [6.45, 7) is 3.72. The fraction of sp³-hybridized carbons (Fsp3) is 0.400. The predicted octanol–water partition coefficient (Wildman–Crippen LogP) is 1.91. The Hall–Kier alpha value is -2.41. The minimum atomic E-state index is 0.429. The minimum absolute atomic E-state index is 0.429. The van der Waals surface area contributed by atoms with Gasteiger partial charge in [-0.25, -0.2) is 0 Å². The Labute approximate surface area is 130 Å². The standard InChI is InChI=1S/C15H22N6O/c1-11-5-6-13(22-4)12(9-11)18-15-19-14(10-17-20-15)16-7-8-21(2)3/h5-6,9-10H,7-8H2,1-4H3,(H2,16,18,19,20). The molecule has 0 saturated heterocycles. The molecule has 0 radical (unpaired) electrons. The van der Waals surface area contributed by atoms with Gasteiger partial charge in [0.2, 0.25) is 5.95 Å². The van der Waals surface area contributed by atoms with Crippen LogP contribution in [-0.4, -0.2) is 54.4 Å². The predicted molar refractivity (Wildman–Crippen MR) is 87.9 cm³/mol. The van der Waals surface area contributed by atoms with Crippen LogP contribution in [0.15, 0.2) is 24.4 Å². The normalized spacial score (nSPS) is 10.6. The van der Waals surface area contributed by atoms with E-state index in [0.717, 1.165) is 30.1 Å². The second-order valence-corrected chi connectivity index (χ2v) is 5.22. The topological polar surface area (TPSA) is 75.2 Å². The second kappa shape index (κ2) is 7.56. The Morgan fingerprint density at radius 1 is 1.27 bits per heavy atom. The smallest absolute Gasteiger partial charge is 0.249 e. The van der Waals surface area contributed by atoms with Gasteiger partial charge in [0.1, 0.15) is 5.75 Å². The van der Waals surface area contributed by atoms with Crippen molar-refractivity contribution in [2.45, 2.75) is 6.92 Å². The van der Waals surface area contributed by atoms with Crippen molar-refractivity contribution in [2.24, 2.45) is 0 Å². The molecular formula is C15H22N6O. The van der Waals surface area contributed by atoms with Crippen LogP contribution in [0, 0.1) is 6.92 Å². The van der Waals surface area contributed by atoms with Crippen molar-refractivity contribution in [3.05, 3.63) is 30.0 Å². The molecule has 0 saturated carbocycles. The van der Waals surface area contributed by atoms with E-state index in [9.17, 15) is 0 Å². The molecule has 0 spiro atoms. The van der Waals surface area contributed by atoms with Crippen molar-refractivity contribution in [1.29, 1.82) is 0 Å². The van der Waals surface area contributed by atoms with Gasteiger partial charge in [-0.05, 0) is 38.7 Å². The van der Waals surface area contributed by atoms with Crippen LogP contribution in [0.25, 0.3) is 0 Å². The Bertz CT molecular complexity index is 617. The molecule has 0 bridgehead atoms. The molecule has 0 unspecified atom stereocenters. The Morgan fingerprint density at radius 2 is 2.09 bits per heavy atom. The van der Waals surface area contributed by atoms with Crippen LogP contribution < -0.4 is 15.4 Å². The van der Waals surface area contributed by atoms with Crippen molar-refractivity contribution in [3.8, 4) is 5.75 Å². The van der Waals surface area contributed by atoms with Gasteiger partial charge in [-0.1, -0.05) is 6.07 Å². The van der Waals surface area contributed by atoms with E-state index in [1.54, 1.807) is 13.3 Å². The highest BCUT2D eigenvalue weighted by atomic mass is 16.5. The van der Waals surface area contributed by atoms with E-state index >= 15 is 0 Å². The number of likely N-dealkylation sites (N-methyl/N-ethyl adjacent to an activating group) is 1. The zero-order chi connectivity index (χ0) is 15.9. The maximum Gasteiger partial charge on any atom is 0.249 e. The fourth-order valence-corrected chi connectivity index (χ4v) is 1.89. The molecule has 1 heterocycles. The maximum absolute atomic E-state index is 5.33. The molecule has 1 aromatic heterocycles. The van der Waals surface area contributed by atoms with Gasteiger partial charge in [0.15, 0.2) is 5.82 Å². The van der Waals surface area contributed by atoms with Crippen LogP contribution >= 0.6 is 0 Å². The van der Waals surface area contributed by atoms with E-state index in [0.29, 0.717) is 11.8 Å². The average molecular weight is 302 g/mol. The summed E-state index contributed by atoms with van der Waals surface area (Å²) in [6, 6.07) is 5.88.